The molecule has 0 fully saturated rings. The Bertz CT molecular complexity index is 547. The van der Waals surface area contributed by atoms with Gasteiger partial charge in [-0.25, -0.2) is 0 Å². The van der Waals surface area contributed by atoms with Crippen LogP contribution in [-0.4, -0.2) is 11.5 Å². The molecular formula is C13H11F3O2S. The zero-order chi connectivity index (χ0) is 14.1. The molecule has 6 heteroatoms. The summed E-state index contributed by atoms with van der Waals surface area (Å²) in [5, 5.41) is 12.2. The second kappa shape index (κ2) is 4.86. The topological polar surface area (TPSA) is 29.5 Å². The molecule has 1 N–H and O–H groups in total. The first kappa shape index (κ1) is 13.9. The highest BCUT2D eigenvalue weighted by Crippen LogP contribution is 2.39. The maximum atomic E-state index is 12.4. The third kappa shape index (κ3) is 3.08. The summed E-state index contributed by atoms with van der Waals surface area (Å²) in [7, 11) is 0. The molecule has 1 aromatic heterocycles. The van der Waals surface area contributed by atoms with Crippen LogP contribution >= 0.6 is 11.3 Å². The molecule has 102 valence electrons. The molecule has 0 aliphatic rings. The predicted octanol–water partition coefficient (Wildman–Crippen LogP) is 3.90. The van der Waals surface area contributed by atoms with Crippen LogP contribution < -0.4 is 4.74 Å². The van der Waals surface area contributed by atoms with Gasteiger partial charge in [-0.05, 0) is 24.4 Å². The molecule has 2 aromatic rings. The van der Waals surface area contributed by atoms with Crippen LogP contribution in [0.3, 0.4) is 0 Å². The number of rotatable bonds is 3. The smallest absolute Gasteiger partial charge is 0.405 e. The molecule has 0 amide bonds. The van der Waals surface area contributed by atoms with Crippen molar-refractivity contribution in [2.24, 2.45) is 0 Å². The third-order valence-corrected chi connectivity index (χ3v) is 3.72. The fourth-order valence-corrected chi connectivity index (χ4v) is 2.57. The first-order chi connectivity index (χ1) is 8.81. The maximum absolute atomic E-state index is 12.4. The van der Waals surface area contributed by atoms with Crippen molar-refractivity contribution in [3.05, 3.63) is 52.2 Å². The number of benzene rings is 1. The van der Waals surface area contributed by atoms with Crippen LogP contribution in [-0.2, 0) is 5.60 Å². The molecule has 19 heavy (non-hydrogen) atoms. The summed E-state index contributed by atoms with van der Waals surface area (Å²) >= 11 is 1.26. The molecule has 2 rings (SSSR count). The lowest BCUT2D eigenvalue weighted by molar-refractivity contribution is -0.275. The van der Waals surface area contributed by atoms with Crippen LogP contribution in [0, 0.1) is 0 Å². The number of para-hydroxylation sites is 1. The minimum absolute atomic E-state index is 0.0785. The normalized spacial score (nSPS) is 15.0. The fraction of sp³-hybridized carbons (Fsp3) is 0.231. The number of ether oxygens (including phenoxy) is 1. The van der Waals surface area contributed by atoms with Crippen LogP contribution in [0.1, 0.15) is 17.4 Å². The van der Waals surface area contributed by atoms with E-state index < -0.39 is 17.7 Å². The molecule has 0 saturated heterocycles. The average Bonchev–Trinajstić information content (AvgIpc) is 2.81. The Labute approximate surface area is 112 Å². The van der Waals surface area contributed by atoms with Gasteiger partial charge in [0.1, 0.15) is 11.4 Å². The molecule has 1 unspecified atom stereocenters. The summed E-state index contributed by atoms with van der Waals surface area (Å²) < 4.78 is 41.0. The van der Waals surface area contributed by atoms with Crippen LogP contribution in [0.5, 0.6) is 5.75 Å². The molecule has 0 radical (unpaired) electrons. The van der Waals surface area contributed by atoms with Gasteiger partial charge in [0, 0.05) is 10.4 Å². The second-order valence-corrected chi connectivity index (χ2v) is 5.04. The highest BCUT2D eigenvalue weighted by atomic mass is 32.1. The van der Waals surface area contributed by atoms with Crippen molar-refractivity contribution in [3.63, 3.8) is 0 Å². The standard InChI is InChI=1S/C13H11F3O2S/c1-12(17,11-7-4-8-19-11)9-5-2-3-6-10(9)18-13(14,15)16/h2-8,17H,1H3. The van der Waals surface area contributed by atoms with Crippen molar-refractivity contribution in [3.8, 4) is 5.75 Å². The Morgan fingerprint density at radius 1 is 1.11 bits per heavy atom. The Morgan fingerprint density at radius 2 is 1.79 bits per heavy atom. The van der Waals surface area contributed by atoms with E-state index in [0.717, 1.165) is 0 Å². The molecule has 0 aliphatic carbocycles. The third-order valence-electron chi connectivity index (χ3n) is 2.64. The monoisotopic (exact) mass is 288 g/mol. The Balaban J connectivity index is 2.45. The van der Waals surface area contributed by atoms with Crippen LogP contribution in [0.15, 0.2) is 41.8 Å². The minimum Gasteiger partial charge on any atom is -0.405 e. The number of halogens is 3. The van der Waals surface area contributed by atoms with E-state index in [1.165, 1.54) is 36.5 Å². The second-order valence-electron chi connectivity index (χ2n) is 4.09. The average molecular weight is 288 g/mol. The van der Waals surface area contributed by atoms with Crippen LogP contribution in [0.4, 0.5) is 13.2 Å². The van der Waals surface area contributed by atoms with Crippen LogP contribution in [0.25, 0.3) is 0 Å². The van der Waals surface area contributed by atoms with Gasteiger partial charge in [0.2, 0.25) is 0 Å². The van der Waals surface area contributed by atoms with E-state index in [2.05, 4.69) is 4.74 Å². The maximum Gasteiger partial charge on any atom is 0.573 e. The zero-order valence-electron chi connectivity index (χ0n) is 9.94. The molecule has 0 aliphatic heterocycles. The molecule has 0 spiro atoms. The summed E-state index contributed by atoms with van der Waals surface area (Å²) in [6.07, 6.45) is -4.79. The van der Waals surface area contributed by atoms with Gasteiger partial charge in [-0.1, -0.05) is 24.3 Å². The fourth-order valence-electron chi connectivity index (χ4n) is 1.77. The van der Waals surface area contributed by atoms with Crippen LogP contribution in [0.2, 0.25) is 0 Å². The summed E-state index contributed by atoms with van der Waals surface area (Å²) in [6.45, 7) is 1.44. The Hall–Kier alpha value is -1.53. The molecule has 0 saturated carbocycles. The van der Waals surface area contributed by atoms with Gasteiger partial charge in [0.05, 0.1) is 0 Å². The summed E-state index contributed by atoms with van der Waals surface area (Å²) in [6, 6.07) is 8.97. The summed E-state index contributed by atoms with van der Waals surface area (Å²) in [5.41, 5.74) is -1.45. The van der Waals surface area contributed by atoms with Gasteiger partial charge in [-0.3, -0.25) is 0 Å². The number of aliphatic hydroxyl groups is 1. The van der Waals surface area contributed by atoms with Crippen molar-refractivity contribution in [1.82, 2.24) is 0 Å². The van der Waals surface area contributed by atoms with E-state index in [0.29, 0.717) is 4.88 Å². The summed E-state index contributed by atoms with van der Waals surface area (Å²) in [5.74, 6) is -0.395. The van der Waals surface area contributed by atoms with E-state index in [1.807, 2.05) is 0 Å². The number of hydrogen-bond acceptors (Lipinski definition) is 3. The molecule has 0 bridgehead atoms. The van der Waals surface area contributed by atoms with E-state index in [9.17, 15) is 18.3 Å². The molecule has 1 aromatic carbocycles. The minimum atomic E-state index is -4.79. The highest BCUT2D eigenvalue weighted by Gasteiger charge is 2.36. The quantitative estimate of drug-likeness (QED) is 0.928. The first-order valence-electron chi connectivity index (χ1n) is 5.42. The largest absolute Gasteiger partial charge is 0.573 e. The number of thiophene rings is 1. The highest BCUT2D eigenvalue weighted by molar-refractivity contribution is 7.10. The molecule has 1 atom stereocenters. The molecule has 1 heterocycles. The van der Waals surface area contributed by atoms with Gasteiger partial charge in [0.25, 0.3) is 0 Å². The van der Waals surface area contributed by atoms with E-state index >= 15 is 0 Å². The van der Waals surface area contributed by atoms with Gasteiger partial charge in [-0.2, -0.15) is 0 Å². The SMILES string of the molecule is CC(O)(c1cccs1)c1ccccc1OC(F)(F)F. The lowest BCUT2D eigenvalue weighted by Gasteiger charge is -2.25. The van der Waals surface area contributed by atoms with Gasteiger partial charge < -0.3 is 9.84 Å². The Morgan fingerprint density at radius 3 is 2.37 bits per heavy atom. The Kier molecular flexibility index (Phi) is 3.56. The van der Waals surface area contributed by atoms with Crippen molar-refractivity contribution < 1.29 is 23.0 Å². The van der Waals surface area contributed by atoms with E-state index in [1.54, 1.807) is 23.6 Å². The summed E-state index contributed by atoms with van der Waals surface area (Å²) in [4.78, 5) is 0.547. The number of alkyl halides is 3. The van der Waals surface area contributed by atoms with Gasteiger partial charge in [-0.15, -0.1) is 24.5 Å². The first-order valence-corrected chi connectivity index (χ1v) is 6.30. The lowest BCUT2D eigenvalue weighted by atomic mass is 9.93. The van der Waals surface area contributed by atoms with Crippen molar-refractivity contribution in [2.45, 2.75) is 18.9 Å². The van der Waals surface area contributed by atoms with Crippen molar-refractivity contribution in [1.29, 1.82) is 0 Å². The number of hydrogen-bond donors (Lipinski definition) is 1. The van der Waals surface area contributed by atoms with Crippen molar-refractivity contribution >= 4 is 11.3 Å². The van der Waals surface area contributed by atoms with Crippen molar-refractivity contribution in [2.75, 3.05) is 0 Å². The van der Waals surface area contributed by atoms with E-state index in [4.69, 9.17) is 0 Å². The lowest BCUT2D eigenvalue weighted by Crippen LogP contribution is -2.25. The van der Waals surface area contributed by atoms with Gasteiger partial charge in [0.15, 0.2) is 0 Å². The molecular weight excluding hydrogens is 277 g/mol. The zero-order valence-corrected chi connectivity index (χ0v) is 10.8. The van der Waals surface area contributed by atoms with E-state index in [-0.39, 0.29) is 5.56 Å². The molecule has 2 nitrogen and oxygen atoms in total. The van der Waals surface area contributed by atoms with Gasteiger partial charge >= 0.3 is 6.36 Å². The predicted molar refractivity (Wildman–Crippen MR) is 66.1 cm³/mol.